The van der Waals surface area contributed by atoms with Gasteiger partial charge in [0.15, 0.2) is 0 Å². The summed E-state index contributed by atoms with van der Waals surface area (Å²) in [5.74, 6) is 0.576. The molecule has 2 rings (SSSR count). The summed E-state index contributed by atoms with van der Waals surface area (Å²) in [5, 5.41) is 3.27. The lowest BCUT2D eigenvalue weighted by Crippen LogP contribution is -2.19. The molecule has 1 saturated heterocycles. The number of alkyl halides is 1. The van der Waals surface area contributed by atoms with Gasteiger partial charge in [-0.1, -0.05) is 30.3 Å². The Morgan fingerprint density at radius 2 is 2.08 bits per heavy atom. The average molecular weight is 198 g/mol. The van der Waals surface area contributed by atoms with Crippen LogP contribution in [0, 0.1) is 0 Å². The van der Waals surface area contributed by atoms with E-state index < -0.39 is 0 Å². The maximum Gasteiger partial charge on any atom is 0.136 e. The van der Waals surface area contributed by atoms with Gasteiger partial charge < -0.3 is 4.74 Å². The van der Waals surface area contributed by atoms with E-state index in [0.717, 1.165) is 6.54 Å². The molecule has 1 N–H and O–H groups in total. The lowest BCUT2D eigenvalue weighted by atomic mass is 10.2. The smallest absolute Gasteiger partial charge is 0.136 e. The molecule has 13 heavy (non-hydrogen) atoms. The number of benzene rings is 1. The molecule has 0 saturated carbocycles. The Hall–Kier alpha value is -0.570. The zero-order chi connectivity index (χ0) is 9.10. The third-order valence-electron chi connectivity index (χ3n) is 2.08. The van der Waals surface area contributed by atoms with Crippen LogP contribution in [0.1, 0.15) is 5.56 Å². The summed E-state index contributed by atoms with van der Waals surface area (Å²) in [7, 11) is 0. The van der Waals surface area contributed by atoms with Crippen molar-refractivity contribution in [2.75, 3.05) is 5.88 Å². The van der Waals surface area contributed by atoms with Crippen molar-refractivity contribution in [1.82, 2.24) is 5.32 Å². The largest absolute Gasteiger partial charge is 0.352 e. The van der Waals surface area contributed by atoms with Crippen molar-refractivity contribution in [2.45, 2.75) is 18.9 Å². The summed E-state index contributed by atoms with van der Waals surface area (Å²) in [4.78, 5) is 0. The molecule has 1 aliphatic rings. The molecule has 1 aromatic carbocycles. The predicted molar refractivity (Wildman–Crippen MR) is 52.7 cm³/mol. The molecule has 0 aromatic heterocycles. The maximum absolute atomic E-state index is 5.61. The molecule has 2 atom stereocenters. The summed E-state index contributed by atoms with van der Waals surface area (Å²) in [6, 6.07) is 10.3. The van der Waals surface area contributed by atoms with Gasteiger partial charge in [0.25, 0.3) is 0 Å². The molecule has 1 fully saturated rings. The van der Waals surface area contributed by atoms with Crippen LogP contribution in [0.3, 0.4) is 0 Å². The van der Waals surface area contributed by atoms with Crippen molar-refractivity contribution in [3.8, 4) is 0 Å². The molecule has 0 aliphatic carbocycles. The highest BCUT2D eigenvalue weighted by atomic mass is 35.5. The van der Waals surface area contributed by atoms with Gasteiger partial charge in [-0.05, 0) is 5.56 Å². The van der Waals surface area contributed by atoms with Gasteiger partial charge in [-0.2, -0.15) is 0 Å². The molecule has 1 aromatic rings. The van der Waals surface area contributed by atoms with E-state index in [9.17, 15) is 0 Å². The quantitative estimate of drug-likeness (QED) is 0.588. The van der Waals surface area contributed by atoms with E-state index in [2.05, 4.69) is 17.4 Å². The first-order chi connectivity index (χ1) is 6.40. The second-order valence-corrected chi connectivity index (χ2v) is 3.42. The van der Waals surface area contributed by atoms with E-state index in [1.54, 1.807) is 0 Å². The SMILES string of the molecule is ClCC1OC1NCc1ccccc1. The maximum atomic E-state index is 5.61. The molecule has 0 bridgehead atoms. The van der Waals surface area contributed by atoms with E-state index in [4.69, 9.17) is 16.3 Å². The monoisotopic (exact) mass is 197 g/mol. The van der Waals surface area contributed by atoms with Crippen LogP contribution in [0.4, 0.5) is 0 Å². The Morgan fingerprint density at radius 1 is 1.31 bits per heavy atom. The summed E-state index contributed by atoms with van der Waals surface area (Å²) >= 11 is 5.61. The number of halogens is 1. The molecule has 1 aliphatic heterocycles. The molecule has 2 nitrogen and oxygen atoms in total. The van der Waals surface area contributed by atoms with Crippen molar-refractivity contribution >= 4 is 11.6 Å². The zero-order valence-electron chi connectivity index (χ0n) is 7.24. The summed E-state index contributed by atoms with van der Waals surface area (Å²) in [6.07, 6.45) is 0.378. The van der Waals surface area contributed by atoms with Crippen molar-refractivity contribution in [3.05, 3.63) is 35.9 Å². The van der Waals surface area contributed by atoms with Crippen LogP contribution in [0.2, 0.25) is 0 Å². The van der Waals surface area contributed by atoms with Crippen LogP contribution in [-0.4, -0.2) is 18.2 Å². The lowest BCUT2D eigenvalue weighted by molar-refractivity contribution is 0.350. The van der Waals surface area contributed by atoms with Gasteiger partial charge in [0, 0.05) is 6.54 Å². The number of ether oxygens (including phenoxy) is 1. The van der Waals surface area contributed by atoms with Crippen molar-refractivity contribution in [1.29, 1.82) is 0 Å². The molecule has 0 amide bonds. The summed E-state index contributed by atoms with van der Waals surface area (Å²) in [6.45, 7) is 0.846. The predicted octanol–water partition coefficient (Wildman–Crippen LogP) is 1.74. The van der Waals surface area contributed by atoms with Gasteiger partial charge in [0.2, 0.25) is 0 Å². The zero-order valence-corrected chi connectivity index (χ0v) is 8.00. The topological polar surface area (TPSA) is 24.6 Å². The van der Waals surface area contributed by atoms with Gasteiger partial charge in [-0.3, -0.25) is 5.32 Å². The first kappa shape index (κ1) is 9.00. The Kier molecular flexibility index (Phi) is 2.83. The summed E-state index contributed by atoms with van der Waals surface area (Å²) in [5.41, 5.74) is 1.27. The Morgan fingerprint density at radius 3 is 2.69 bits per heavy atom. The van der Waals surface area contributed by atoms with Crippen LogP contribution < -0.4 is 5.32 Å². The van der Waals surface area contributed by atoms with Gasteiger partial charge in [-0.15, -0.1) is 11.6 Å². The Labute approximate surface area is 82.9 Å². The number of hydrogen-bond donors (Lipinski definition) is 1. The van der Waals surface area contributed by atoms with Gasteiger partial charge in [0.05, 0.1) is 5.88 Å². The van der Waals surface area contributed by atoms with E-state index in [0.29, 0.717) is 5.88 Å². The fourth-order valence-corrected chi connectivity index (χ4v) is 1.49. The lowest BCUT2D eigenvalue weighted by Gasteiger charge is -2.00. The average Bonchev–Trinajstić information content (AvgIpc) is 2.95. The third kappa shape index (κ3) is 2.44. The highest BCUT2D eigenvalue weighted by Gasteiger charge is 2.37. The molecule has 1 heterocycles. The first-order valence-corrected chi connectivity index (χ1v) is 4.92. The van der Waals surface area contributed by atoms with E-state index in [-0.39, 0.29) is 12.3 Å². The fourth-order valence-electron chi connectivity index (χ4n) is 1.25. The van der Waals surface area contributed by atoms with Crippen molar-refractivity contribution < 1.29 is 4.74 Å². The van der Waals surface area contributed by atoms with Gasteiger partial charge in [0.1, 0.15) is 12.3 Å². The molecule has 0 radical (unpaired) electrons. The standard InChI is InChI=1S/C10H12ClNO/c11-6-9-10(13-9)12-7-8-4-2-1-3-5-8/h1-5,9-10,12H,6-7H2. The molecule has 0 spiro atoms. The number of rotatable bonds is 4. The number of epoxide rings is 1. The van der Waals surface area contributed by atoms with Gasteiger partial charge in [-0.25, -0.2) is 0 Å². The van der Waals surface area contributed by atoms with E-state index in [1.165, 1.54) is 5.56 Å². The summed E-state index contributed by atoms with van der Waals surface area (Å²) < 4.78 is 5.24. The van der Waals surface area contributed by atoms with Crippen LogP contribution in [0.25, 0.3) is 0 Å². The molecule has 2 unspecified atom stereocenters. The Bertz CT molecular complexity index is 265. The molecular formula is C10H12ClNO. The molecular weight excluding hydrogens is 186 g/mol. The number of nitrogens with one attached hydrogen (secondary N) is 1. The van der Waals surface area contributed by atoms with E-state index >= 15 is 0 Å². The molecule has 70 valence electrons. The normalized spacial score (nSPS) is 25.9. The van der Waals surface area contributed by atoms with Gasteiger partial charge >= 0.3 is 0 Å². The number of hydrogen-bond acceptors (Lipinski definition) is 2. The minimum Gasteiger partial charge on any atom is -0.352 e. The van der Waals surface area contributed by atoms with Crippen molar-refractivity contribution in [3.63, 3.8) is 0 Å². The van der Waals surface area contributed by atoms with Crippen molar-refractivity contribution in [2.24, 2.45) is 0 Å². The van der Waals surface area contributed by atoms with Crippen LogP contribution >= 0.6 is 11.6 Å². The van der Waals surface area contributed by atoms with Crippen LogP contribution in [0.15, 0.2) is 30.3 Å². The minimum absolute atomic E-state index is 0.165. The van der Waals surface area contributed by atoms with E-state index in [1.807, 2.05) is 18.2 Å². The second-order valence-electron chi connectivity index (χ2n) is 3.12. The molecule has 3 heteroatoms. The fraction of sp³-hybridized carbons (Fsp3) is 0.400. The van der Waals surface area contributed by atoms with Crippen LogP contribution in [0.5, 0.6) is 0 Å². The second kappa shape index (κ2) is 4.09. The Balaban J connectivity index is 1.75. The highest BCUT2D eigenvalue weighted by Crippen LogP contribution is 2.20. The highest BCUT2D eigenvalue weighted by molar-refractivity contribution is 6.18. The minimum atomic E-state index is 0.165. The third-order valence-corrected chi connectivity index (χ3v) is 2.39. The first-order valence-electron chi connectivity index (χ1n) is 4.39. The van der Waals surface area contributed by atoms with Crippen LogP contribution in [-0.2, 0) is 11.3 Å².